The highest BCUT2D eigenvalue weighted by Crippen LogP contribution is 2.18. The Morgan fingerprint density at radius 1 is 1.19 bits per heavy atom. The van der Waals surface area contributed by atoms with Crippen molar-refractivity contribution in [1.82, 2.24) is 15.5 Å². The number of rotatable bonds is 6. The van der Waals surface area contributed by atoms with E-state index in [1.54, 1.807) is 7.05 Å². The van der Waals surface area contributed by atoms with Gasteiger partial charge in [0.25, 0.3) is 0 Å². The predicted molar refractivity (Wildman–Crippen MR) is 101 cm³/mol. The van der Waals surface area contributed by atoms with Crippen molar-refractivity contribution in [2.45, 2.75) is 25.8 Å². The molecule has 0 bridgehead atoms. The number of nitrogens with zero attached hydrogens (tertiary/aromatic N) is 2. The van der Waals surface area contributed by atoms with Crippen molar-refractivity contribution < 1.29 is 14.3 Å². The maximum absolute atomic E-state index is 12.0. The molecular formula is C19H28N4O3. The van der Waals surface area contributed by atoms with E-state index in [0.29, 0.717) is 19.5 Å². The van der Waals surface area contributed by atoms with E-state index < -0.39 is 0 Å². The Morgan fingerprint density at radius 2 is 1.88 bits per heavy atom. The molecule has 2 N–H and O–H groups in total. The maximum atomic E-state index is 12.0. The van der Waals surface area contributed by atoms with E-state index in [4.69, 9.17) is 4.74 Å². The van der Waals surface area contributed by atoms with Gasteiger partial charge in [0.1, 0.15) is 0 Å². The summed E-state index contributed by atoms with van der Waals surface area (Å²) >= 11 is 0. The molecule has 0 aromatic heterocycles. The van der Waals surface area contributed by atoms with E-state index in [2.05, 4.69) is 20.5 Å². The van der Waals surface area contributed by atoms with Crippen LogP contribution in [-0.4, -0.2) is 56.5 Å². The van der Waals surface area contributed by atoms with Crippen LogP contribution in [0.25, 0.3) is 0 Å². The molecule has 0 atom stereocenters. The van der Waals surface area contributed by atoms with Crippen LogP contribution in [-0.2, 0) is 20.9 Å². The number of hydrogen-bond acceptors (Lipinski definition) is 4. The van der Waals surface area contributed by atoms with Crippen molar-refractivity contribution in [3.63, 3.8) is 0 Å². The van der Waals surface area contributed by atoms with Gasteiger partial charge in [-0.1, -0.05) is 30.3 Å². The summed E-state index contributed by atoms with van der Waals surface area (Å²) in [5.41, 5.74) is 1.08. The van der Waals surface area contributed by atoms with Crippen LogP contribution < -0.4 is 10.6 Å². The zero-order valence-corrected chi connectivity index (χ0v) is 15.5. The summed E-state index contributed by atoms with van der Waals surface area (Å²) in [7, 11) is 3.15. The van der Waals surface area contributed by atoms with Gasteiger partial charge in [-0.15, -0.1) is 0 Å². The molecule has 0 spiro atoms. The molecule has 1 aliphatic rings. The maximum Gasteiger partial charge on any atom is 0.308 e. The van der Waals surface area contributed by atoms with Gasteiger partial charge in [-0.25, -0.2) is 0 Å². The number of amides is 1. The topological polar surface area (TPSA) is 83.0 Å². The average Bonchev–Trinajstić information content (AvgIpc) is 2.70. The average molecular weight is 360 g/mol. The van der Waals surface area contributed by atoms with Gasteiger partial charge in [0.15, 0.2) is 5.96 Å². The summed E-state index contributed by atoms with van der Waals surface area (Å²) < 4.78 is 4.81. The Labute approximate surface area is 154 Å². The second-order valence-electron chi connectivity index (χ2n) is 6.27. The molecule has 1 aromatic rings. The van der Waals surface area contributed by atoms with E-state index in [-0.39, 0.29) is 17.8 Å². The smallest absolute Gasteiger partial charge is 0.308 e. The third-order valence-corrected chi connectivity index (χ3v) is 4.51. The van der Waals surface area contributed by atoms with Crippen molar-refractivity contribution in [2.75, 3.05) is 33.8 Å². The van der Waals surface area contributed by atoms with Gasteiger partial charge in [0, 0.05) is 39.6 Å². The van der Waals surface area contributed by atoms with Crippen molar-refractivity contribution in [3.8, 4) is 0 Å². The lowest BCUT2D eigenvalue weighted by molar-refractivity contribution is -0.146. The van der Waals surface area contributed by atoms with E-state index >= 15 is 0 Å². The summed E-state index contributed by atoms with van der Waals surface area (Å²) in [5, 5.41) is 6.14. The molecule has 142 valence electrons. The van der Waals surface area contributed by atoms with Gasteiger partial charge in [-0.3, -0.25) is 14.6 Å². The van der Waals surface area contributed by atoms with Gasteiger partial charge < -0.3 is 20.3 Å². The minimum atomic E-state index is -0.136. The third kappa shape index (κ3) is 6.06. The Hall–Kier alpha value is -2.57. The quantitative estimate of drug-likeness (QED) is 0.452. The first kappa shape index (κ1) is 19.8. The second kappa shape index (κ2) is 10.4. The number of ether oxygens (including phenoxy) is 1. The van der Waals surface area contributed by atoms with Gasteiger partial charge >= 0.3 is 5.97 Å². The van der Waals surface area contributed by atoms with Crippen LogP contribution in [0.15, 0.2) is 35.3 Å². The van der Waals surface area contributed by atoms with Crippen molar-refractivity contribution in [2.24, 2.45) is 10.9 Å². The molecule has 26 heavy (non-hydrogen) atoms. The molecule has 0 unspecified atom stereocenters. The van der Waals surface area contributed by atoms with Crippen LogP contribution in [0, 0.1) is 5.92 Å². The number of esters is 1. The zero-order valence-electron chi connectivity index (χ0n) is 15.5. The summed E-state index contributed by atoms with van der Waals surface area (Å²) in [6.07, 6.45) is 1.89. The number of guanidine groups is 1. The molecule has 1 aromatic carbocycles. The van der Waals surface area contributed by atoms with E-state index in [0.717, 1.165) is 37.5 Å². The highest BCUT2D eigenvalue weighted by atomic mass is 16.5. The van der Waals surface area contributed by atoms with Crippen LogP contribution >= 0.6 is 0 Å². The number of carbonyl (C=O) groups excluding carboxylic acids is 2. The Balaban J connectivity index is 1.67. The molecule has 1 heterocycles. The highest BCUT2D eigenvalue weighted by Gasteiger charge is 2.26. The number of carbonyl (C=O) groups is 2. The lowest BCUT2D eigenvalue weighted by atomic mass is 9.97. The molecule has 0 aliphatic carbocycles. The molecule has 0 radical (unpaired) electrons. The molecule has 1 saturated heterocycles. The fourth-order valence-electron chi connectivity index (χ4n) is 3.00. The number of likely N-dealkylation sites (tertiary alicyclic amines) is 1. The van der Waals surface area contributed by atoms with Crippen LogP contribution in [0.4, 0.5) is 0 Å². The van der Waals surface area contributed by atoms with Gasteiger partial charge in [0.05, 0.1) is 13.0 Å². The molecule has 7 nitrogen and oxygen atoms in total. The van der Waals surface area contributed by atoms with Gasteiger partial charge in [-0.05, 0) is 18.4 Å². The Morgan fingerprint density at radius 3 is 2.50 bits per heavy atom. The van der Waals surface area contributed by atoms with Crippen LogP contribution in [0.2, 0.25) is 0 Å². The van der Waals surface area contributed by atoms with E-state index in [1.165, 1.54) is 7.11 Å². The summed E-state index contributed by atoms with van der Waals surface area (Å²) in [6, 6.07) is 9.83. The molecule has 2 rings (SSSR count). The number of benzene rings is 1. The fourth-order valence-corrected chi connectivity index (χ4v) is 3.00. The first-order valence-electron chi connectivity index (χ1n) is 8.98. The summed E-state index contributed by atoms with van der Waals surface area (Å²) in [5.74, 6) is 0.603. The third-order valence-electron chi connectivity index (χ3n) is 4.51. The van der Waals surface area contributed by atoms with Crippen LogP contribution in [0.5, 0.6) is 0 Å². The Kier molecular flexibility index (Phi) is 7.92. The molecule has 7 heteroatoms. The number of piperidine rings is 1. The molecular weight excluding hydrogens is 332 g/mol. The number of nitrogens with one attached hydrogen (secondary N) is 2. The lowest BCUT2D eigenvalue weighted by Gasteiger charge is -2.33. The van der Waals surface area contributed by atoms with Crippen LogP contribution in [0.1, 0.15) is 24.8 Å². The first-order chi connectivity index (χ1) is 12.6. The van der Waals surface area contributed by atoms with Crippen molar-refractivity contribution in [1.29, 1.82) is 0 Å². The summed E-state index contributed by atoms with van der Waals surface area (Å²) in [4.78, 5) is 29.9. The SMILES string of the molecule is CN=C(NCCC(=O)NCc1ccccc1)N1CCC(C(=O)OC)CC1. The molecule has 1 aliphatic heterocycles. The minimum Gasteiger partial charge on any atom is -0.469 e. The zero-order chi connectivity index (χ0) is 18.8. The lowest BCUT2D eigenvalue weighted by Crippen LogP contribution is -2.47. The Bertz CT molecular complexity index is 610. The number of aliphatic imine (C=N–C) groups is 1. The first-order valence-corrected chi connectivity index (χ1v) is 8.98. The van der Waals surface area contributed by atoms with Gasteiger partial charge in [-0.2, -0.15) is 0 Å². The fraction of sp³-hybridized carbons (Fsp3) is 0.526. The van der Waals surface area contributed by atoms with Crippen molar-refractivity contribution >= 4 is 17.8 Å². The molecule has 1 amide bonds. The second-order valence-corrected chi connectivity index (χ2v) is 6.27. The van der Waals surface area contributed by atoms with Crippen LogP contribution in [0.3, 0.4) is 0 Å². The largest absolute Gasteiger partial charge is 0.469 e. The van der Waals surface area contributed by atoms with Crippen molar-refractivity contribution in [3.05, 3.63) is 35.9 Å². The number of methoxy groups -OCH3 is 1. The van der Waals surface area contributed by atoms with E-state index in [1.807, 2.05) is 30.3 Å². The monoisotopic (exact) mass is 360 g/mol. The van der Waals surface area contributed by atoms with E-state index in [9.17, 15) is 9.59 Å². The predicted octanol–water partition coefficient (Wildman–Crippen LogP) is 1.15. The summed E-state index contributed by atoms with van der Waals surface area (Å²) in [6.45, 7) is 2.55. The minimum absolute atomic E-state index is 0.00112. The normalized spacial score (nSPS) is 15.5. The molecule has 1 fully saturated rings. The highest BCUT2D eigenvalue weighted by molar-refractivity contribution is 5.82. The van der Waals surface area contributed by atoms with Gasteiger partial charge in [0.2, 0.25) is 5.91 Å². The number of hydrogen-bond donors (Lipinski definition) is 2. The standard InChI is InChI=1S/C19H28N4O3/c1-20-19(23-12-9-16(10-13-23)18(25)26-2)21-11-8-17(24)22-14-15-6-4-3-5-7-15/h3-7,16H,8-14H2,1-2H3,(H,20,21)(H,22,24). The molecule has 0 saturated carbocycles.